The molecule has 0 aromatic carbocycles. The first-order valence-electron chi connectivity index (χ1n) is 18.1. The van der Waals surface area contributed by atoms with E-state index in [1.54, 1.807) is 0 Å². The van der Waals surface area contributed by atoms with Crippen molar-refractivity contribution in [2.75, 3.05) is 0 Å². The molecule has 3 aliphatic rings. The predicted molar refractivity (Wildman–Crippen MR) is 201 cm³/mol. The molecule has 0 bridgehead atoms. The molecule has 9 atom stereocenters. The van der Waals surface area contributed by atoms with Gasteiger partial charge in [0.25, 0.3) is 16.7 Å². The summed E-state index contributed by atoms with van der Waals surface area (Å²) in [6.07, 6.45) is 9.88. The van der Waals surface area contributed by atoms with E-state index in [1.165, 1.54) is 21.5 Å². The highest BCUT2D eigenvalue weighted by molar-refractivity contribution is 6.19. The van der Waals surface area contributed by atoms with Gasteiger partial charge in [0.2, 0.25) is 0 Å². The van der Waals surface area contributed by atoms with E-state index in [0.29, 0.717) is 55.6 Å². The summed E-state index contributed by atoms with van der Waals surface area (Å²) in [5, 5.41) is 0. The van der Waals surface area contributed by atoms with Crippen LogP contribution in [0.5, 0.6) is 0 Å². The zero-order chi connectivity index (χ0) is 41.0. The number of ether oxygens (including phenoxy) is 3. The lowest BCUT2D eigenvalue weighted by atomic mass is 10.0. The van der Waals surface area contributed by atoms with Crippen LogP contribution in [0.15, 0.2) is 47.4 Å². The van der Waals surface area contributed by atoms with Crippen molar-refractivity contribution in [3.63, 3.8) is 0 Å². The molecule has 0 saturated carbocycles. The minimum absolute atomic E-state index is 0.0232. The van der Waals surface area contributed by atoms with Gasteiger partial charge in [-0.3, -0.25) is 52.9 Å². The van der Waals surface area contributed by atoms with Gasteiger partial charge in [0.1, 0.15) is 18.0 Å². The molecule has 55 heavy (non-hydrogen) atoms. The second-order valence-electron chi connectivity index (χ2n) is 13.6. The smallest absolute Gasteiger partial charge is 0.330 e. The van der Waals surface area contributed by atoms with E-state index >= 15 is 0 Å². The Morgan fingerprint density at radius 1 is 0.618 bits per heavy atom. The van der Waals surface area contributed by atoms with Gasteiger partial charge in [-0.1, -0.05) is 53.1 Å². The van der Waals surface area contributed by atoms with Crippen LogP contribution in [-0.4, -0.2) is 71.8 Å². The first-order valence-corrected chi connectivity index (χ1v) is 18.5. The fourth-order valence-electron chi connectivity index (χ4n) is 6.51. The van der Waals surface area contributed by atoms with Crippen molar-refractivity contribution in [2.45, 2.75) is 116 Å². The Bertz CT molecular complexity index is 2020. The van der Waals surface area contributed by atoms with Crippen molar-refractivity contribution in [1.29, 1.82) is 0 Å². The van der Waals surface area contributed by atoms with E-state index in [0.717, 1.165) is 31.9 Å². The maximum absolute atomic E-state index is 11.7. The lowest BCUT2D eigenvalue weighted by Crippen LogP contribution is -2.34. The predicted octanol–water partition coefficient (Wildman–Crippen LogP) is 2.63. The maximum atomic E-state index is 11.7. The molecular weight excluding hydrogens is 744 g/mol. The highest BCUT2D eigenvalue weighted by Crippen LogP contribution is 2.34. The van der Waals surface area contributed by atoms with Gasteiger partial charge >= 0.3 is 17.1 Å². The number of nitrogens with zero attached hydrogens (tertiary/aromatic N) is 2. The third-order valence-corrected chi connectivity index (χ3v) is 9.92. The summed E-state index contributed by atoms with van der Waals surface area (Å²) in [6, 6.07) is 0. The van der Waals surface area contributed by atoms with Crippen LogP contribution in [0.4, 0.5) is 0 Å². The summed E-state index contributed by atoms with van der Waals surface area (Å²) in [4.78, 5) is 107. The Morgan fingerprint density at radius 2 is 1.00 bits per heavy atom. The number of rotatable bonds is 8. The number of carbonyl (C=O) groups excluding carboxylic acids is 3. The highest BCUT2D eigenvalue weighted by Gasteiger charge is 2.34. The summed E-state index contributed by atoms with van der Waals surface area (Å²) in [7, 11) is 0. The van der Waals surface area contributed by atoms with E-state index in [9.17, 15) is 43.2 Å². The molecule has 3 aromatic rings. The quantitative estimate of drug-likeness (QED) is 0.190. The summed E-state index contributed by atoms with van der Waals surface area (Å²) < 4.78 is 19.5. The van der Waals surface area contributed by atoms with Gasteiger partial charge in [0.05, 0.1) is 35.0 Å². The number of nitrogens with one attached hydrogen (secondary N) is 4. The molecule has 302 valence electrons. The fourth-order valence-corrected chi connectivity index (χ4v) is 6.92. The van der Waals surface area contributed by atoms with Crippen molar-refractivity contribution >= 4 is 30.5 Å². The number of hydrogen-bond acceptors (Lipinski definition) is 12. The van der Waals surface area contributed by atoms with Gasteiger partial charge < -0.3 is 19.2 Å². The van der Waals surface area contributed by atoms with Gasteiger partial charge in [-0.15, -0.1) is 0 Å². The maximum Gasteiger partial charge on any atom is 0.330 e. The zero-order valence-electron chi connectivity index (χ0n) is 31.6. The first kappa shape index (κ1) is 44.6. The monoisotopic (exact) mass is 792 g/mol. The SMILES string of the molecule is CC[C@H]1OC(Cl)C[C@@H]1C.CC[C@H]1OC(n2cc(C=O)c(=O)[nH]c2=O)C[C@@H]1C.CC[C@H]1OC(n2cc(C=O)c(=O)[nH]c2=O)C[C@@H]1C.O=Cc1c[nH]c(=O)[nH]c1=O. The van der Waals surface area contributed by atoms with Crippen LogP contribution in [-0.2, 0) is 14.2 Å². The van der Waals surface area contributed by atoms with Crippen LogP contribution >= 0.6 is 11.6 Å². The highest BCUT2D eigenvalue weighted by atomic mass is 35.5. The Labute approximate surface area is 319 Å². The molecule has 3 saturated heterocycles. The van der Waals surface area contributed by atoms with Crippen molar-refractivity contribution in [2.24, 2.45) is 17.8 Å². The van der Waals surface area contributed by atoms with Crippen LogP contribution < -0.4 is 33.7 Å². The number of aldehydes is 3. The number of carbonyl (C=O) groups is 3. The molecule has 3 unspecified atom stereocenters. The van der Waals surface area contributed by atoms with Crippen LogP contribution in [0.25, 0.3) is 0 Å². The molecule has 0 aliphatic carbocycles. The minimum atomic E-state index is -0.668. The molecule has 0 spiro atoms. The summed E-state index contributed by atoms with van der Waals surface area (Å²) >= 11 is 5.76. The summed E-state index contributed by atoms with van der Waals surface area (Å²) in [5.74, 6) is 1.34. The second kappa shape index (κ2) is 20.8. The normalized spacial score (nSPS) is 26.7. The van der Waals surface area contributed by atoms with Crippen molar-refractivity contribution in [3.8, 4) is 0 Å². The van der Waals surface area contributed by atoms with E-state index in [2.05, 4.69) is 42.6 Å². The number of aromatic amines is 4. The molecule has 19 heteroatoms. The van der Waals surface area contributed by atoms with Gasteiger partial charge in [-0.25, -0.2) is 14.4 Å². The molecule has 18 nitrogen and oxygen atoms in total. The topological polar surface area (TPSA) is 254 Å². The number of aromatic nitrogens is 6. The second-order valence-corrected chi connectivity index (χ2v) is 14.1. The molecule has 4 N–H and O–H groups in total. The van der Waals surface area contributed by atoms with E-state index in [-0.39, 0.29) is 34.5 Å². The van der Waals surface area contributed by atoms with E-state index in [4.69, 9.17) is 25.8 Å². The average molecular weight is 793 g/mol. The van der Waals surface area contributed by atoms with Crippen molar-refractivity contribution in [3.05, 3.63) is 97.8 Å². The molecule has 0 radical (unpaired) electrons. The number of alkyl halides is 1. The average Bonchev–Trinajstić information content (AvgIpc) is 3.83. The van der Waals surface area contributed by atoms with E-state index < -0.39 is 46.2 Å². The molecule has 3 fully saturated rings. The first-order chi connectivity index (χ1) is 26.1. The largest absolute Gasteiger partial charge is 0.359 e. The van der Waals surface area contributed by atoms with Crippen LogP contribution in [0, 0.1) is 17.8 Å². The van der Waals surface area contributed by atoms with Gasteiger partial charge in [0.15, 0.2) is 18.9 Å². The van der Waals surface area contributed by atoms with Gasteiger partial charge in [-0.05, 0) is 56.3 Å². The van der Waals surface area contributed by atoms with Crippen molar-refractivity contribution < 1.29 is 28.6 Å². The van der Waals surface area contributed by atoms with E-state index in [1.807, 2.05) is 18.8 Å². The standard InChI is InChI=1S/2C12H16N2O4.C7H13ClO.C5H4N2O3/c2*1-3-9-7(2)4-10(18-9)14-5-8(6-15)11(16)13-12(14)17;1-3-6-5(2)4-7(8)9-6;8-2-3-1-6-5(10)7-4(3)9/h2*5-7,9-10H,3-4H2,1-2H3,(H,13,16,17);5-7H,3-4H2,1-2H3;1-2H,(H2,6,7,9,10)/t2*7-,9+,10?;5-,6+,7?;/m000./s1. The van der Waals surface area contributed by atoms with Gasteiger partial charge in [-0.2, -0.15) is 0 Å². The third kappa shape index (κ3) is 11.9. The fraction of sp³-hybridized carbons (Fsp3) is 0.583. The zero-order valence-corrected chi connectivity index (χ0v) is 32.3. The Kier molecular flexibility index (Phi) is 16.9. The Balaban J connectivity index is 0.000000206. The molecular formula is C36H49ClN6O12. The lowest BCUT2D eigenvalue weighted by Gasteiger charge is -2.15. The van der Waals surface area contributed by atoms with Crippen molar-refractivity contribution in [1.82, 2.24) is 29.1 Å². The molecule has 3 aromatic heterocycles. The van der Waals surface area contributed by atoms with Crippen LogP contribution in [0.3, 0.4) is 0 Å². The summed E-state index contributed by atoms with van der Waals surface area (Å²) in [5.41, 5.74) is -3.93. The van der Waals surface area contributed by atoms with Gasteiger partial charge in [0, 0.05) is 18.6 Å². The minimum Gasteiger partial charge on any atom is -0.359 e. The third-order valence-electron chi connectivity index (χ3n) is 9.64. The number of hydrogen-bond donors (Lipinski definition) is 4. The number of halogens is 1. The molecule has 0 amide bonds. The van der Waals surface area contributed by atoms with Crippen LogP contribution in [0.2, 0.25) is 0 Å². The number of H-pyrrole nitrogens is 4. The summed E-state index contributed by atoms with van der Waals surface area (Å²) in [6.45, 7) is 12.5. The molecule has 3 aliphatic heterocycles. The molecule has 6 heterocycles. The Morgan fingerprint density at radius 3 is 1.31 bits per heavy atom. The molecule has 6 rings (SSSR count). The Hall–Kier alpha value is -4.78. The van der Waals surface area contributed by atoms with Crippen LogP contribution in [0.1, 0.15) is 124 Å². The lowest BCUT2D eigenvalue weighted by molar-refractivity contribution is -0.00781.